The van der Waals surface area contributed by atoms with Crippen molar-refractivity contribution in [2.24, 2.45) is 11.7 Å². The lowest BCUT2D eigenvalue weighted by molar-refractivity contribution is -0.138. The summed E-state index contributed by atoms with van der Waals surface area (Å²) in [5.74, 6) is -1.20. The highest BCUT2D eigenvalue weighted by molar-refractivity contribution is 6.36. The maximum absolute atomic E-state index is 11.3. The average molecular weight is 183 g/mol. The number of carbonyl (C=O) groups excluding carboxylic acids is 2. The van der Waals surface area contributed by atoms with Gasteiger partial charge < -0.3 is 5.73 Å². The highest BCUT2D eigenvalue weighted by Gasteiger charge is 2.22. The van der Waals surface area contributed by atoms with Gasteiger partial charge in [0.15, 0.2) is 0 Å². The number of amides is 1. The molecule has 74 valence electrons. The standard InChI is InChI=1S/C10H17NO2/c11-10(13)9(12)8-6-4-2-1-3-5-7-8/h8H,1-7H2,(H2,11,13). The van der Waals surface area contributed by atoms with E-state index in [1.807, 2.05) is 0 Å². The molecule has 1 aliphatic carbocycles. The lowest BCUT2D eigenvalue weighted by Gasteiger charge is -2.16. The number of Topliss-reactive ketones (excluding diaryl/α,β-unsaturated/α-hetero) is 1. The molecule has 0 radical (unpaired) electrons. The van der Waals surface area contributed by atoms with Gasteiger partial charge in [0.05, 0.1) is 0 Å². The van der Waals surface area contributed by atoms with Gasteiger partial charge in [0.25, 0.3) is 5.91 Å². The second-order valence-electron chi connectivity index (χ2n) is 3.77. The molecule has 1 saturated carbocycles. The van der Waals surface area contributed by atoms with Crippen molar-refractivity contribution in [3.05, 3.63) is 0 Å². The first kappa shape index (κ1) is 10.2. The Balaban J connectivity index is 2.45. The van der Waals surface area contributed by atoms with Crippen LogP contribution in [0, 0.1) is 5.92 Å². The summed E-state index contributed by atoms with van der Waals surface area (Å²) >= 11 is 0. The summed E-state index contributed by atoms with van der Waals surface area (Å²) in [4.78, 5) is 22.0. The van der Waals surface area contributed by atoms with Crippen molar-refractivity contribution >= 4 is 11.7 Å². The number of hydrogen-bond acceptors (Lipinski definition) is 2. The minimum atomic E-state index is -0.759. The Morgan fingerprint density at radius 3 is 1.85 bits per heavy atom. The van der Waals surface area contributed by atoms with Crippen molar-refractivity contribution < 1.29 is 9.59 Å². The molecule has 1 aliphatic rings. The van der Waals surface area contributed by atoms with Crippen LogP contribution in [0.4, 0.5) is 0 Å². The van der Waals surface area contributed by atoms with Crippen LogP contribution in [0.2, 0.25) is 0 Å². The molecule has 0 unspecified atom stereocenters. The third kappa shape index (κ3) is 3.17. The summed E-state index contributed by atoms with van der Waals surface area (Å²) < 4.78 is 0. The number of rotatable bonds is 2. The van der Waals surface area contributed by atoms with Crippen LogP contribution in [0.3, 0.4) is 0 Å². The first-order valence-electron chi connectivity index (χ1n) is 5.05. The van der Waals surface area contributed by atoms with Crippen LogP contribution in [0.15, 0.2) is 0 Å². The van der Waals surface area contributed by atoms with Crippen molar-refractivity contribution in [2.75, 3.05) is 0 Å². The lowest BCUT2D eigenvalue weighted by atomic mass is 9.88. The van der Waals surface area contributed by atoms with E-state index in [0.717, 1.165) is 25.7 Å². The molecule has 0 aromatic rings. The molecule has 0 atom stereocenters. The number of primary amides is 1. The number of nitrogens with two attached hydrogens (primary N) is 1. The van der Waals surface area contributed by atoms with E-state index in [9.17, 15) is 9.59 Å². The van der Waals surface area contributed by atoms with Gasteiger partial charge in [-0.2, -0.15) is 0 Å². The Bertz CT molecular complexity index is 193. The van der Waals surface area contributed by atoms with E-state index in [-0.39, 0.29) is 11.7 Å². The largest absolute Gasteiger partial charge is 0.363 e. The zero-order valence-corrected chi connectivity index (χ0v) is 7.92. The Labute approximate surface area is 78.7 Å². The molecule has 1 amide bonds. The van der Waals surface area contributed by atoms with E-state index in [4.69, 9.17) is 5.73 Å². The SMILES string of the molecule is NC(=O)C(=O)C1CCCCCCC1. The topological polar surface area (TPSA) is 60.2 Å². The summed E-state index contributed by atoms with van der Waals surface area (Å²) in [7, 11) is 0. The van der Waals surface area contributed by atoms with Crippen LogP contribution < -0.4 is 5.73 Å². The number of hydrogen-bond donors (Lipinski definition) is 1. The average Bonchev–Trinajstić information content (AvgIpc) is 2.02. The molecule has 0 heterocycles. The van der Waals surface area contributed by atoms with Gasteiger partial charge in [0, 0.05) is 5.92 Å². The zero-order chi connectivity index (χ0) is 9.68. The fourth-order valence-electron chi connectivity index (χ4n) is 1.92. The molecule has 0 bridgehead atoms. The molecule has 0 saturated heterocycles. The smallest absolute Gasteiger partial charge is 0.285 e. The van der Waals surface area contributed by atoms with Crippen LogP contribution in [0.1, 0.15) is 44.9 Å². The number of ketones is 1. The molecular formula is C10H17NO2. The molecule has 3 nitrogen and oxygen atoms in total. The summed E-state index contributed by atoms with van der Waals surface area (Å²) in [5.41, 5.74) is 4.97. The van der Waals surface area contributed by atoms with Gasteiger partial charge in [-0.05, 0) is 12.8 Å². The normalized spacial score (nSPS) is 20.3. The molecule has 0 spiro atoms. The first-order valence-corrected chi connectivity index (χ1v) is 5.05. The van der Waals surface area contributed by atoms with E-state index >= 15 is 0 Å². The molecule has 3 heteroatoms. The quantitative estimate of drug-likeness (QED) is 0.658. The van der Waals surface area contributed by atoms with Crippen LogP contribution in [-0.2, 0) is 9.59 Å². The zero-order valence-electron chi connectivity index (χ0n) is 7.92. The second kappa shape index (κ2) is 5.00. The highest BCUT2D eigenvalue weighted by atomic mass is 16.2. The van der Waals surface area contributed by atoms with Gasteiger partial charge in [0.1, 0.15) is 0 Å². The Morgan fingerprint density at radius 1 is 0.923 bits per heavy atom. The molecule has 13 heavy (non-hydrogen) atoms. The minimum absolute atomic E-state index is 0.0854. The summed E-state index contributed by atoms with van der Waals surface area (Å²) in [6.07, 6.45) is 7.44. The third-order valence-electron chi connectivity index (χ3n) is 2.72. The molecular weight excluding hydrogens is 166 g/mol. The second-order valence-corrected chi connectivity index (χ2v) is 3.77. The van der Waals surface area contributed by atoms with E-state index in [1.165, 1.54) is 19.3 Å². The fourth-order valence-corrected chi connectivity index (χ4v) is 1.92. The minimum Gasteiger partial charge on any atom is -0.363 e. The van der Waals surface area contributed by atoms with Gasteiger partial charge in [-0.25, -0.2) is 0 Å². The summed E-state index contributed by atoms with van der Waals surface area (Å²) in [6.45, 7) is 0. The van der Waals surface area contributed by atoms with E-state index in [0.29, 0.717) is 0 Å². The van der Waals surface area contributed by atoms with Crippen molar-refractivity contribution in [1.82, 2.24) is 0 Å². The number of carbonyl (C=O) groups is 2. The third-order valence-corrected chi connectivity index (χ3v) is 2.72. The lowest BCUT2D eigenvalue weighted by Crippen LogP contribution is -2.30. The Morgan fingerprint density at radius 2 is 1.38 bits per heavy atom. The Kier molecular flexibility index (Phi) is 3.93. The van der Waals surface area contributed by atoms with Crippen molar-refractivity contribution in [1.29, 1.82) is 0 Å². The molecule has 0 aliphatic heterocycles. The van der Waals surface area contributed by atoms with Crippen LogP contribution in [0.5, 0.6) is 0 Å². The molecule has 2 N–H and O–H groups in total. The maximum atomic E-state index is 11.3. The van der Waals surface area contributed by atoms with Crippen LogP contribution >= 0.6 is 0 Å². The summed E-state index contributed by atoms with van der Waals surface area (Å²) in [5, 5.41) is 0. The van der Waals surface area contributed by atoms with Crippen molar-refractivity contribution in [3.8, 4) is 0 Å². The molecule has 0 aromatic carbocycles. The van der Waals surface area contributed by atoms with Gasteiger partial charge in [0.2, 0.25) is 5.78 Å². The monoisotopic (exact) mass is 183 g/mol. The highest BCUT2D eigenvalue weighted by Crippen LogP contribution is 2.22. The molecule has 1 fully saturated rings. The summed E-state index contributed by atoms with van der Waals surface area (Å²) in [6, 6.07) is 0. The maximum Gasteiger partial charge on any atom is 0.285 e. The fraction of sp³-hybridized carbons (Fsp3) is 0.800. The van der Waals surface area contributed by atoms with E-state index < -0.39 is 5.91 Å². The van der Waals surface area contributed by atoms with Gasteiger partial charge in [-0.1, -0.05) is 32.1 Å². The van der Waals surface area contributed by atoms with E-state index in [2.05, 4.69) is 0 Å². The molecule has 1 rings (SSSR count). The van der Waals surface area contributed by atoms with Crippen molar-refractivity contribution in [3.63, 3.8) is 0 Å². The van der Waals surface area contributed by atoms with Gasteiger partial charge in [-0.15, -0.1) is 0 Å². The Hall–Kier alpha value is -0.860. The predicted octanol–water partition coefficient (Wildman–Crippen LogP) is 1.40. The van der Waals surface area contributed by atoms with Gasteiger partial charge in [-0.3, -0.25) is 9.59 Å². The molecule has 0 aromatic heterocycles. The predicted molar refractivity (Wildman–Crippen MR) is 50.0 cm³/mol. The van der Waals surface area contributed by atoms with Crippen LogP contribution in [0.25, 0.3) is 0 Å². The van der Waals surface area contributed by atoms with Crippen LogP contribution in [-0.4, -0.2) is 11.7 Å². The van der Waals surface area contributed by atoms with Gasteiger partial charge >= 0.3 is 0 Å². The van der Waals surface area contributed by atoms with Crippen molar-refractivity contribution in [2.45, 2.75) is 44.9 Å². The van der Waals surface area contributed by atoms with E-state index in [1.54, 1.807) is 0 Å². The first-order chi connectivity index (χ1) is 6.22.